The zero-order valence-corrected chi connectivity index (χ0v) is 16.8. The van der Waals surface area contributed by atoms with E-state index in [4.69, 9.17) is 23.7 Å². The highest BCUT2D eigenvalue weighted by Gasteiger charge is 2.52. The molecule has 186 valence electrons. The largest absolute Gasteiger partial charge is 0.479 e. The number of aliphatic hydroxyl groups excluding tert-OH is 8. The fourth-order valence-electron chi connectivity index (χ4n) is 3.66. The molecule has 3 saturated heterocycles. The molecule has 15 heteroatoms. The quantitative estimate of drug-likeness (QED) is 0.181. The molecular formula is C17H28O15. The van der Waals surface area contributed by atoms with Gasteiger partial charge in [0.25, 0.3) is 0 Å². The molecule has 32 heavy (non-hydrogen) atoms. The molecular weight excluding hydrogens is 444 g/mol. The maximum Gasteiger partial charge on any atom is 0.335 e. The van der Waals surface area contributed by atoms with Gasteiger partial charge in [0.05, 0.1) is 12.7 Å². The van der Waals surface area contributed by atoms with E-state index in [9.17, 15) is 50.8 Å². The van der Waals surface area contributed by atoms with E-state index in [1.165, 1.54) is 6.92 Å². The molecule has 3 rings (SSSR count). The topological polar surface area (TPSA) is 245 Å². The van der Waals surface area contributed by atoms with E-state index < -0.39 is 98.6 Å². The summed E-state index contributed by atoms with van der Waals surface area (Å²) < 4.78 is 25.9. The molecule has 3 fully saturated rings. The van der Waals surface area contributed by atoms with Crippen LogP contribution in [0.1, 0.15) is 6.92 Å². The van der Waals surface area contributed by atoms with Crippen LogP contribution in [0.5, 0.6) is 0 Å². The maximum absolute atomic E-state index is 11.4. The number of hydrogen-bond donors (Lipinski definition) is 9. The molecule has 0 aromatic carbocycles. The van der Waals surface area contributed by atoms with E-state index in [2.05, 4.69) is 0 Å². The monoisotopic (exact) mass is 472 g/mol. The highest BCUT2D eigenvalue weighted by molar-refractivity contribution is 5.73. The summed E-state index contributed by atoms with van der Waals surface area (Å²) in [6.07, 6.45) is -23.1. The van der Waals surface area contributed by atoms with Crippen molar-refractivity contribution in [3.8, 4) is 0 Å². The molecule has 14 atom stereocenters. The smallest absolute Gasteiger partial charge is 0.335 e. The molecule has 0 aromatic heterocycles. The van der Waals surface area contributed by atoms with Crippen LogP contribution in [0, 0.1) is 0 Å². The van der Waals surface area contributed by atoms with Crippen molar-refractivity contribution in [2.24, 2.45) is 0 Å². The fourth-order valence-corrected chi connectivity index (χ4v) is 3.66. The summed E-state index contributed by atoms with van der Waals surface area (Å²) >= 11 is 0. The number of aliphatic carboxylic acids is 1. The number of ether oxygens (including phenoxy) is 5. The van der Waals surface area contributed by atoms with E-state index in [0.717, 1.165) is 0 Å². The van der Waals surface area contributed by atoms with Crippen LogP contribution in [0.25, 0.3) is 0 Å². The molecule has 3 aliphatic rings. The maximum atomic E-state index is 11.4. The molecule has 0 aliphatic carbocycles. The summed E-state index contributed by atoms with van der Waals surface area (Å²) in [6.45, 7) is 0.958. The predicted molar refractivity (Wildman–Crippen MR) is 94.4 cm³/mol. The average Bonchev–Trinajstić information content (AvgIpc) is 2.75. The van der Waals surface area contributed by atoms with Crippen molar-refractivity contribution >= 4 is 5.97 Å². The molecule has 1 unspecified atom stereocenters. The number of aliphatic hydroxyl groups is 8. The first-order valence-electron chi connectivity index (χ1n) is 9.84. The molecule has 0 aromatic rings. The van der Waals surface area contributed by atoms with E-state index in [0.29, 0.717) is 0 Å². The van der Waals surface area contributed by atoms with E-state index >= 15 is 0 Å². The number of hydrogen-bond acceptors (Lipinski definition) is 14. The van der Waals surface area contributed by atoms with Gasteiger partial charge < -0.3 is 69.6 Å². The van der Waals surface area contributed by atoms with Gasteiger partial charge in [0.1, 0.15) is 54.9 Å². The summed E-state index contributed by atoms with van der Waals surface area (Å²) in [5.41, 5.74) is 0. The van der Waals surface area contributed by atoms with Crippen LogP contribution in [0.4, 0.5) is 0 Å². The Labute approximate surface area is 180 Å². The Bertz CT molecular complexity index is 649. The van der Waals surface area contributed by atoms with Crippen molar-refractivity contribution in [1.29, 1.82) is 0 Å². The lowest BCUT2D eigenvalue weighted by Crippen LogP contribution is -2.64. The molecule has 15 nitrogen and oxygen atoms in total. The third kappa shape index (κ3) is 4.90. The Morgan fingerprint density at radius 1 is 0.750 bits per heavy atom. The Balaban J connectivity index is 1.64. The van der Waals surface area contributed by atoms with Gasteiger partial charge in [-0.05, 0) is 6.92 Å². The van der Waals surface area contributed by atoms with Crippen molar-refractivity contribution in [1.82, 2.24) is 0 Å². The summed E-state index contributed by atoms with van der Waals surface area (Å²) in [5.74, 6) is -1.63. The van der Waals surface area contributed by atoms with E-state index in [-0.39, 0.29) is 0 Å². The normalized spacial score (nSPS) is 52.5. The van der Waals surface area contributed by atoms with Crippen molar-refractivity contribution in [2.45, 2.75) is 92.9 Å². The zero-order chi connectivity index (χ0) is 23.9. The number of rotatable bonds is 5. The Morgan fingerprint density at radius 3 is 2.00 bits per heavy atom. The van der Waals surface area contributed by atoms with Crippen molar-refractivity contribution in [2.75, 3.05) is 6.61 Å². The second kappa shape index (κ2) is 10.1. The average molecular weight is 472 g/mol. The van der Waals surface area contributed by atoms with E-state index in [1.807, 2.05) is 0 Å². The van der Waals surface area contributed by atoms with Crippen LogP contribution in [-0.2, 0) is 28.5 Å². The lowest BCUT2D eigenvalue weighted by atomic mass is 9.98. The van der Waals surface area contributed by atoms with Crippen molar-refractivity contribution < 1.29 is 74.4 Å². The molecule has 3 aliphatic heterocycles. The minimum Gasteiger partial charge on any atom is -0.479 e. The van der Waals surface area contributed by atoms with Gasteiger partial charge in [-0.3, -0.25) is 0 Å². The van der Waals surface area contributed by atoms with Gasteiger partial charge in [-0.2, -0.15) is 0 Å². The third-order valence-corrected chi connectivity index (χ3v) is 5.65. The summed E-state index contributed by atoms with van der Waals surface area (Å²) in [6, 6.07) is 0. The van der Waals surface area contributed by atoms with Gasteiger partial charge in [-0.15, -0.1) is 0 Å². The standard InChI is InChI=1S/C17H28O15/c1-3-5(18)7(20)11(24)17(29-3)30-4-2-28-16(10(23)6(4)19)32-12-8(21)9(22)15(27)31-13(12)14(25)26/h3-13,15-24,27H,2H2,1H3,(H,25,26)/t3-,4+,5-,6-,7+,8+,9+,10+,11+,12-,13-,15?,16-,17-/m0/s1. The highest BCUT2D eigenvalue weighted by Crippen LogP contribution is 2.29. The van der Waals surface area contributed by atoms with Gasteiger partial charge in [0.15, 0.2) is 25.0 Å². The molecule has 0 saturated carbocycles. The van der Waals surface area contributed by atoms with Crippen LogP contribution >= 0.6 is 0 Å². The Kier molecular flexibility index (Phi) is 8.04. The van der Waals surface area contributed by atoms with Crippen molar-refractivity contribution in [3.05, 3.63) is 0 Å². The van der Waals surface area contributed by atoms with E-state index in [1.54, 1.807) is 0 Å². The lowest BCUT2D eigenvalue weighted by molar-refractivity contribution is -0.358. The minimum absolute atomic E-state index is 0.463. The second-order valence-corrected chi connectivity index (χ2v) is 7.91. The molecule has 0 spiro atoms. The number of carboxylic acid groups (broad SMARTS) is 1. The van der Waals surface area contributed by atoms with Gasteiger partial charge in [0.2, 0.25) is 0 Å². The predicted octanol–water partition coefficient (Wildman–Crippen LogP) is -5.81. The minimum atomic E-state index is -2.00. The summed E-state index contributed by atoms with van der Waals surface area (Å²) in [4.78, 5) is 11.4. The first-order chi connectivity index (χ1) is 14.9. The number of carboxylic acids is 1. The molecule has 3 heterocycles. The first kappa shape index (κ1) is 25.6. The molecule has 0 amide bonds. The van der Waals surface area contributed by atoms with Crippen LogP contribution in [-0.4, -0.2) is 145 Å². The second-order valence-electron chi connectivity index (χ2n) is 7.91. The highest BCUT2D eigenvalue weighted by atomic mass is 16.7. The Morgan fingerprint density at radius 2 is 1.38 bits per heavy atom. The van der Waals surface area contributed by atoms with Crippen LogP contribution in [0.3, 0.4) is 0 Å². The molecule has 0 radical (unpaired) electrons. The molecule has 9 N–H and O–H groups in total. The van der Waals surface area contributed by atoms with Gasteiger partial charge in [0, 0.05) is 0 Å². The van der Waals surface area contributed by atoms with Gasteiger partial charge >= 0.3 is 5.97 Å². The van der Waals surface area contributed by atoms with Crippen LogP contribution < -0.4 is 0 Å². The Hall–Kier alpha value is -1.05. The molecule has 0 bridgehead atoms. The van der Waals surface area contributed by atoms with Crippen LogP contribution in [0.15, 0.2) is 0 Å². The SMILES string of the molecule is C[C@@H]1O[C@@H](O[C@@H]2CO[C@@H](O[C@H]3[C@H](O)[C@@H](O)C(O)O[C@@H]3C(=O)O)[C@H](O)[C@H]2O)[C@H](O)[C@H](O)[C@H]1O. The van der Waals surface area contributed by atoms with Crippen LogP contribution in [0.2, 0.25) is 0 Å². The summed E-state index contributed by atoms with van der Waals surface area (Å²) in [5, 5.41) is 88.9. The third-order valence-electron chi connectivity index (χ3n) is 5.65. The van der Waals surface area contributed by atoms with Crippen molar-refractivity contribution in [3.63, 3.8) is 0 Å². The zero-order valence-electron chi connectivity index (χ0n) is 16.8. The van der Waals surface area contributed by atoms with Gasteiger partial charge in [-0.1, -0.05) is 0 Å². The fraction of sp³-hybridized carbons (Fsp3) is 0.941. The first-order valence-corrected chi connectivity index (χ1v) is 9.84. The summed E-state index contributed by atoms with van der Waals surface area (Å²) in [7, 11) is 0. The van der Waals surface area contributed by atoms with Gasteiger partial charge in [-0.25, -0.2) is 4.79 Å². The number of carbonyl (C=O) groups is 1. The lowest BCUT2D eigenvalue weighted by Gasteiger charge is -2.45.